The third kappa shape index (κ3) is 2.02. The van der Waals surface area contributed by atoms with Crippen molar-refractivity contribution in [1.29, 1.82) is 0 Å². The molecular weight excluding hydrogens is 276 g/mol. The van der Waals surface area contributed by atoms with E-state index in [1.807, 2.05) is 34.6 Å². The molecule has 3 nitrogen and oxygen atoms in total. The third-order valence-corrected chi connectivity index (χ3v) is 5.73. The lowest BCUT2D eigenvalue weighted by Crippen LogP contribution is -2.31. The van der Waals surface area contributed by atoms with Gasteiger partial charge in [0, 0.05) is 18.3 Å². The highest BCUT2D eigenvalue weighted by Gasteiger charge is 2.78. The Morgan fingerprint density at radius 2 is 2.00 bits per heavy atom. The van der Waals surface area contributed by atoms with Crippen molar-refractivity contribution in [3.05, 3.63) is 35.5 Å². The largest absolute Gasteiger partial charge is 0.481 e. The number of carbonyl (C=O) groups is 2. The Hall–Kier alpha value is -1.64. The molecule has 3 atom stereocenters. The third-order valence-electron chi connectivity index (χ3n) is 5.73. The van der Waals surface area contributed by atoms with E-state index in [2.05, 4.69) is 12.7 Å². The minimum atomic E-state index is -0.868. The van der Waals surface area contributed by atoms with E-state index in [1.165, 1.54) is 0 Å². The van der Waals surface area contributed by atoms with Crippen LogP contribution in [0.1, 0.15) is 47.5 Å². The molecule has 0 aliphatic heterocycles. The molecule has 1 saturated carbocycles. The summed E-state index contributed by atoms with van der Waals surface area (Å²) in [5, 5.41) is 10.0. The van der Waals surface area contributed by atoms with Crippen LogP contribution in [0.15, 0.2) is 35.5 Å². The van der Waals surface area contributed by atoms with Crippen LogP contribution in [0.2, 0.25) is 0 Å². The van der Waals surface area contributed by atoms with E-state index >= 15 is 0 Å². The summed E-state index contributed by atoms with van der Waals surface area (Å²) in [6, 6.07) is 0. The van der Waals surface area contributed by atoms with Gasteiger partial charge in [-0.2, -0.15) is 0 Å². The molecule has 2 aliphatic carbocycles. The summed E-state index contributed by atoms with van der Waals surface area (Å²) in [7, 11) is 0. The number of carbonyl (C=O) groups excluding carboxylic acids is 1. The zero-order valence-corrected chi connectivity index (χ0v) is 14.2. The number of rotatable bonds is 5. The molecule has 1 fully saturated rings. The first kappa shape index (κ1) is 16.7. The molecule has 120 valence electrons. The second-order valence-corrected chi connectivity index (χ2v) is 7.45. The molecule has 0 amide bonds. The maximum atomic E-state index is 12.3. The predicted molar refractivity (Wildman–Crippen MR) is 87.4 cm³/mol. The minimum absolute atomic E-state index is 0.0293. The van der Waals surface area contributed by atoms with Crippen LogP contribution in [-0.4, -0.2) is 16.9 Å². The van der Waals surface area contributed by atoms with Crippen molar-refractivity contribution >= 4 is 11.8 Å². The summed E-state index contributed by atoms with van der Waals surface area (Å²) in [5.41, 5.74) is 1.63. The fourth-order valence-corrected chi connectivity index (χ4v) is 4.55. The molecule has 0 aromatic rings. The Kier molecular flexibility index (Phi) is 3.97. The Labute approximate surface area is 132 Å². The Balaban J connectivity index is 2.53. The summed E-state index contributed by atoms with van der Waals surface area (Å²) in [6.07, 6.45) is 4.64. The second-order valence-electron chi connectivity index (χ2n) is 7.45. The van der Waals surface area contributed by atoms with Crippen LogP contribution in [-0.2, 0) is 9.59 Å². The van der Waals surface area contributed by atoms with Crippen molar-refractivity contribution in [3.8, 4) is 0 Å². The second kappa shape index (κ2) is 5.22. The smallest absolute Gasteiger partial charge is 0.311 e. The monoisotopic (exact) mass is 302 g/mol. The van der Waals surface area contributed by atoms with Gasteiger partial charge in [0.05, 0.1) is 5.41 Å². The lowest BCUT2D eigenvalue weighted by atomic mass is 9.78. The predicted octanol–water partition coefficient (Wildman–Crippen LogP) is 4.16. The summed E-state index contributed by atoms with van der Waals surface area (Å²) < 4.78 is 0. The van der Waals surface area contributed by atoms with Crippen molar-refractivity contribution in [2.24, 2.45) is 22.7 Å². The van der Waals surface area contributed by atoms with E-state index < -0.39 is 11.4 Å². The zero-order chi connectivity index (χ0) is 16.9. The van der Waals surface area contributed by atoms with Gasteiger partial charge in [0.1, 0.15) is 0 Å². The molecule has 0 saturated heterocycles. The maximum Gasteiger partial charge on any atom is 0.311 e. The first-order chi connectivity index (χ1) is 10.1. The van der Waals surface area contributed by atoms with Gasteiger partial charge < -0.3 is 5.11 Å². The molecular formula is C19H26O3. The van der Waals surface area contributed by atoms with Gasteiger partial charge >= 0.3 is 5.97 Å². The van der Waals surface area contributed by atoms with Gasteiger partial charge in [-0.25, -0.2) is 0 Å². The molecule has 22 heavy (non-hydrogen) atoms. The van der Waals surface area contributed by atoms with E-state index in [9.17, 15) is 14.7 Å². The number of aliphatic carboxylic acids is 1. The van der Waals surface area contributed by atoms with Crippen LogP contribution in [0.3, 0.4) is 0 Å². The lowest BCUT2D eigenvalue weighted by molar-refractivity contribution is -0.147. The molecule has 0 heterocycles. The number of Topliss-reactive ketones (excluding diaryl/α,β-unsaturated/α-hetero) is 1. The van der Waals surface area contributed by atoms with E-state index in [1.54, 1.807) is 6.08 Å². The molecule has 0 bridgehead atoms. The standard InChI is InChI=1S/C19H26O3/c1-7-8-13-12(4)14(10-15(13)20)19(17(21)22)16(9-11(2)3)18(19,5)6/h7,9,14,16H,1,8,10H2,2-6H3,(H,21,22)/t14?,16-,19+/m0/s1. The summed E-state index contributed by atoms with van der Waals surface area (Å²) in [6.45, 7) is 13.6. The molecule has 0 spiro atoms. The quantitative estimate of drug-likeness (QED) is 0.776. The summed E-state index contributed by atoms with van der Waals surface area (Å²) in [4.78, 5) is 24.5. The van der Waals surface area contributed by atoms with Gasteiger partial charge in [-0.3, -0.25) is 9.59 Å². The van der Waals surface area contributed by atoms with Crippen LogP contribution in [0.5, 0.6) is 0 Å². The van der Waals surface area contributed by atoms with Crippen molar-refractivity contribution in [3.63, 3.8) is 0 Å². The van der Waals surface area contributed by atoms with Crippen molar-refractivity contribution < 1.29 is 14.7 Å². The highest BCUT2D eigenvalue weighted by molar-refractivity contribution is 6.00. The maximum absolute atomic E-state index is 12.3. The Morgan fingerprint density at radius 1 is 1.41 bits per heavy atom. The van der Waals surface area contributed by atoms with Gasteiger partial charge in [-0.1, -0.05) is 37.1 Å². The average Bonchev–Trinajstić information content (AvgIpc) is 2.73. The summed E-state index contributed by atoms with van der Waals surface area (Å²) in [5.74, 6) is -0.931. The van der Waals surface area contributed by atoms with Gasteiger partial charge in [0.25, 0.3) is 0 Å². The number of carboxylic acid groups (broad SMARTS) is 1. The lowest BCUT2D eigenvalue weighted by Gasteiger charge is -2.24. The molecule has 1 unspecified atom stereocenters. The van der Waals surface area contributed by atoms with Gasteiger partial charge in [0.15, 0.2) is 5.78 Å². The molecule has 0 radical (unpaired) electrons. The van der Waals surface area contributed by atoms with Gasteiger partial charge in [0.2, 0.25) is 0 Å². The van der Waals surface area contributed by atoms with Gasteiger partial charge in [-0.15, -0.1) is 6.58 Å². The first-order valence-corrected chi connectivity index (χ1v) is 7.84. The van der Waals surface area contributed by atoms with Crippen molar-refractivity contribution in [1.82, 2.24) is 0 Å². The average molecular weight is 302 g/mol. The molecule has 3 heteroatoms. The number of hydrogen-bond donors (Lipinski definition) is 1. The zero-order valence-electron chi connectivity index (χ0n) is 14.2. The van der Waals surface area contributed by atoms with E-state index in [4.69, 9.17) is 0 Å². The van der Waals surface area contributed by atoms with Crippen molar-refractivity contribution in [2.75, 3.05) is 0 Å². The highest BCUT2D eigenvalue weighted by atomic mass is 16.4. The highest BCUT2D eigenvalue weighted by Crippen LogP contribution is 2.75. The number of allylic oxidation sites excluding steroid dienone is 5. The fraction of sp³-hybridized carbons (Fsp3) is 0.579. The number of carboxylic acids is 1. The van der Waals surface area contributed by atoms with Crippen LogP contribution in [0.25, 0.3) is 0 Å². The SMILES string of the molecule is C=CCC1=C(C)C([C@]2(C(=O)O)[C@@H](C=C(C)C)C2(C)C)CC1=O. The molecule has 1 N–H and O–H groups in total. The van der Waals surface area contributed by atoms with E-state index in [0.29, 0.717) is 12.8 Å². The fourth-order valence-electron chi connectivity index (χ4n) is 4.55. The normalized spacial score (nSPS) is 32.9. The Morgan fingerprint density at radius 3 is 2.45 bits per heavy atom. The topological polar surface area (TPSA) is 54.4 Å². The van der Waals surface area contributed by atoms with Gasteiger partial charge in [-0.05, 0) is 38.2 Å². The molecule has 2 aliphatic rings. The number of hydrogen-bond acceptors (Lipinski definition) is 2. The van der Waals surface area contributed by atoms with E-state index in [0.717, 1.165) is 16.7 Å². The van der Waals surface area contributed by atoms with Crippen LogP contribution in [0, 0.1) is 22.7 Å². The van der Waals surface area contributed by atoms with Crippen LogP contribution in [0.4, 0.5) is 0 Å². The molecule has 2 rings (SSSR count). The number of ketones is 1. The summed E-state index contributed by atoms with van der Waals surface area (Å²) >= 11 is 0. The Bertz CT molecular complexity index is 602. The van der Waals surface area contributed by atoms with E-state index in [-0.39, 0.29) is 23.0 Å². The molecule has 0 aromatic heterocycles. The first-order valence-electron chi connectivity index (χ1n) is 7.84. The van der Waals surface area contributed by atoms with Crippen LogP contribution < -0.4 is 0 Å². The van der Waals surface area contributed by atoms with Crippen molar-refractivity contribution in [2.45, 2.75) is 47.5 Å². The minimum Gasteiger partial charge on any atom is -0.481 e. The molecule has 0 aromatic carbocycles. The van der Waals surface area contributed by atoms with Crippen LogP contribution >= 0.6 is 0 Å².